The van der Waals surface area contributed by atoms with Crippen LogP contribution in [-0.2, 0) is 14.8 Å². The van der Waals surface area contributed by atoms with Gasteiger partial charge in [0.1, 0.15) is 0 Å². The Kier molecular flexibility index (Phi) is 4.36. The van der Waals surface area contributed by atoms with Crippen molar-refractivity contribution in [3.63, 3.8) is 0 Å². The molecule has 0 aliphatic heterocycles. The first kappa shape index (κ1) is 15.3. The van der Waals surface area contributed by atoms with Gasteiger partial charge < -0.3 is 5.11 Å². The van der Waals surface area contributed by atoms with Gasteiger partial charge in [-0.15, -0.1) is 0 Å². The minimum absolute atomic E-state index is 0.00567. The molecule has 1 aromatic carbocycles. The summed E-state index contributed by atoms with van der Waals surface area (Å²) >= 11 is 5.97. The van der Waals surface area contributed by atoms with Gasteiger partial charge in [-0.1, -0.05) is 17.7 Å². The highest BCUT2D eigenvalue weighted by Gasteiger charge is 2.38. The molecule has 2 rings (SSSR count). The highest BCUT2D eigenvalue weighted by Crippen LogP contribution is 2.34. The number of sulfonamides is 1. The van der Waals surface area contributed by atoms with E-state index in [1.165, 1.54) is 10.4 Å². The summed E-state index contributed by atoms with van der Waals surface area (Å²) in [5.74, 6) is -1.01. The molecule has 1 fully saturated rings. The van der Waals surface area contributed by atoms with Crippen LogP contribution in [0, 0.1) is 6.92 Å². The van der Waals surface area contributed by atoms with Crippen LogP contribution in [-0.4, -0.2) is 36.4 Å². The van der Waals surface area contributed by atoms with Crippen LogP contribution in [0.5, 0.6) is 0 Å². The van der Waals surface area contributed by atoms with Crippen molar-refractivity contribution < 1.29 is 18.3 Å². The molecule has 0 heterocycles. The van der Waals surface area contributed by atoms with Crippen LogP contribution in [0.15, 0.2) is 23.1 Å². The second-order valence-corrected chi connectivity index (χ2v) is 7.12. The normalized spacial score (nSPS) is 15.6. The van der Waals surface area contributed by atoms with Gasteiger partial charge in [0.25, 0.3) is 0 Å². The van der Waals surface area contributed by atoms with E-state index < -0.39 is 16.0 Å². The van der Waals surface area contributed by atoms with Gasteiger partial charge in [-0.05, 0) is 37.5 Å². The second-order valence-electron chi connectivity index (χ2n) is 4.85. The summed E-state index contributed by atoms with van der Waals surface area (Å²) in [6, 6.07) is 4.64. The van der Waals surface area contributed by atoms with E-state index in [2.05, 4.69) is 0 Å². The summed E-state index contributed by atoms with van der Waals surface area (Å²) in [5.41, 5.74) is 0.496. The summed E-state index contributed by atoms with van der Waals surface area (Å²) in [6.45, 7) is 1.64. The first-order valence-corrected chi connectivity index (χ1v) is 8.14. The van der Waals surface area contributed by atoms with Crippen LogP contribution < -0.4 is 0 Å². The van der Waals surface area contributed by atoms with E-state index in [0.29, 0.717) is 10.6 Å². The lowest BCUT2D eigenvalue weighted by atomic mass is 10.2. The Morgan fingerprint density at radius 2 is 2.10 bits per heavy atom. The molecule has 1 N–H and O–H groups in total. The standard InChI is InChI=1S/C13H16ClNO4S/c1-9-11(14)3-2-4-12(9)20(18,19)15(10-5-6-10)8-7-13(16)17/h2-4,10H,5-8H2,1H3,(H,16,17). The van der Waals surface area contributed by atoms with Gasteiger partial charge in [-0.3, -0.25) is 4.79 Å². The molecule has 1 saturated carbocycles. The van der Waals surface area contributed by atoms with Gasteiger partial charge in [-0.25, -0.2) is 8.42 Å². The van der Waals surface area contributed by atoms with Crippen LogP contribution in [0.3, 0.4) is 0 Å². The van der Waals surface area contributed by atoms with Gasteiger partial charge in [0.2, 0.25) is 10.0 Å². The maximum absolute atomic E-state index is 12.7. The third-order valence-electron chi connectivity index (χ3n) is 3.30. The number of benzene rings is 1. The van der Waals surface area contributed by atoms with Gasteiger partial charge in [0.05, 0.1) is 11.3 Å². The SMILES string of the molecule is Cc1c(Cl)cccc1S(=O)(=O)N(CCC(=O)O)C1CC1. The van der Waals surface area contributed by atoms with Crippen molar-refractivity contribution in [3.8, 4) is 0 Å². The third-order valence-corrected chi connectivity index (χ3v) is 5.81. The monoisotopic (exact) mass is 317 g/mol. The minimum atomic E-state index is -3.70. The van der Waals surface area contributed by atoms with Gasteiger partial charge in [0, 0.05) is 17.6 Å². The Balaban J connectivity index is 2.35. The Labute approximate surface area is 123 Å². The fraction of sp³-hybridized carbons (Fsp3) is 0.462. The maximum atomic E-state index is 12.7. The molecule has 0 radical (unpaired) electrons. The van der Waals surface area contributed by atoms with Crippen LogP contribution in [0.1, 0.15) is 24.8 Å². The second kappa shape index (κ2) is 5.71. The summed E-state index contributed by atoms with van der Waals surface area (Å²) in [7, 11) is -3.70. The van der Waals surface area contributed by atoms with Gasteiger partial charge in [0.15, 0.2) is 0 Å². The van der Waals surface area contributed by atoms with Crippen molar-refractivity contribution in [2.45, 2.75) is 37.1 Å². The Hall–Kier alpha value is -1.11. The number of aliphatic carboxylic acids is 1. The molecule has 0 amide bonds. The topological polar surface area (TPSA) is 74.7 Å². The number of hydrogen-bond donors (Lipinski definition) is 1. The average molecular weight is 318 g/mol. The molecule has 0 unspecified atom stereocenters. The van der Waals surface area contributed by atoms with Crippen LogP contribution in [0.2, 0.25) is 5.02 Å². The highest BCUT2D eigenvalue weighted by molar-refractivity contribution is 7.89. The number of carboxylic acid groups (broad SMARTS) is 1. The van der Waals surface area contributed by atoms with E-state index in [1.807, 2.05) is 0 Å². The van der Waals surface area contributed by atoms with Crippen molar-refractivity contribution in [3.05, 3.63) is 28.8 Å². The molecule has 5 nitrogen and oxygen atoms in total. The smallest absolute Gasteiger partial charge is 0.304 e. The molecular formula is C13H16ClNO4S. The number of hydrogen-bond acceptors (Lipinski definition) is 3. The number of rotatable bonds is 6. The first-order chi connectivity index (χ1) is 9.34. The average Bonchev–Trinajstić information content (AvgIpc) is 3.16. The lowest BCUT2D eigenvalue weighted by molar-refractivity contribution is -0.137. The van der Waals surface area contributed by atoms with E-state index in [4.69, 9.17) is 16.7 Å². The molecule has 1 aromatic rings. The molecule has 0 aromatic heterocycles. The number of carbonyl (C=O) groups is 1. The van der Waals surface area contributed by atoms with E-state index in [0.717, 1.165) is 12.8 Å². The van der Waals surface area contributed by atoms with Crippen LogP contribution in [0.25, 0.3) is 0 Å². The Morgan fingerprint density at radius 1 is 1.45 bits per heavy atom. The Bertz CT molecular complexity index is 625. The number of nitrogens with zero attached hydrogens (tertiary/aromatic N) is 1. The van der Waals surface area contributed by atoms with Gasteiger partial charge >= 0.3 is 5.97 Å². The minimum Gasteiger partial charge on any atom is -0.481 e. The molecule has 0 atom stereocenters. The van der Waals surface area contributed by atoms with Crippen molar-refractivity contribution in [2.75, 3.05) is 6.54 Å². The van der Waals surface area contributed by atoms with Crippen LogP contribution >= 0.6 is 11.6 Å². The number of carboxylic acids is 1. The van der Waals surface area contributed by atoms with E-state index in [9.17, 15) is 13.2 Å². The lowest BCUT2D eigenvalue weighted by Gasteiger charge is -2.22. The fourth-order valence-corrected chi connectivity index (χ4v) is 4.23. The summed E-state index contributed by atoms with van der Waals surface area (Å²) in [6.07, 6.45) is 1.35. The molecule has 0 bridgehead atoms. The lowest BCUT2D eigenvalue weighted by Crippen LogP contribution is -2.35. The van der Waals surface area contributed by atoms with Crippen LogP contribution in [0.4, 0.5) is 0 Å². The summed E-state index contributed by atoms with van der Waals surface area (Å²) in [4.78, 5) is 10.8. The van der Waals surface area contributed by atoms with Crippen molar-refractivity contribution >= 4 is 27.6 Å². The van der Waals surface area contributed by atoms with Crippen molar-refractivity contribution in [2.24, 2.45) is 0 Å². The van der Waals surface area contributed by atoms with E-state index in [-0.39, 0.29) is 23.9 Å². The maximum Gasteiger partial charge on any atom is 0.304 e. The van der Waals surface area contributed by atoms with Gasteiger partial charge in [-0.2, -0.15) is 4.31 Å². The zero-order valence-corrected chi connectivity index (χ0v) is 12.6. The predicted molar refractivity (Wildman–Crippen MR) is 75.4 cm³/mol. The predicted octanol–water partition coefficient (Wildman–Crippen LogP) is 2.28. The largest absolute Gasteiger partial charge is 0.481 e. The van der Waals surface area contributed by atoms with E-state index in [1.54, 1.807) is 19.1 Å². The molecular weight excluding hydrogens is 302 g/mol. The zero-order chi connectivity index (χ0) is 14.9. The molecule has 1 aliphatic carbocycles. The number of halogens is 1. The fourth-order valence-electron chi connectivity index (χ4n) is 2.06. The van der Waals surface area contributed by atoms with Crippen molar-refractivity contribution in [1.29, 1.82) is 0 Å². The third kappa shape index (κ3) is 3.13. The molecule has 0 saturated heterocycles. The first-order valence-electron chi connectivity index (χ1n) is 6.33. The molecule has 7 heteroatoms. The summed E-state index contributed by atoms with van der Waals surface area (Å²) in [5, 5.41) is 9.15. The molecule has 0 spiro atoms. The molecule has 110 valence electrons. The van der Waals surface area contributed by atoms with E-state index >= 15 is 0 Å². The molecule has 20 heavy (non-hydrogen) atoms. The summed E-state index contributed by atoms with van der Waals surface area (Å²) < 4.78 is 26.6. The molecule has 1 aliphatic rings. The highest BCUT2D eigenvalue weighted by atomic mass is 35.5. The Morgan fingerprint density at radius 3 is 2.65 bits per heavy atom. The van der Waals surface area contributed by atoms with Crippen molar-refractivity contribution in [1.82, 2.24) is 4.31 Å². The quantitative estimate of drug-likeness (QED) is 0.873. The zero-order valence-electron chi connectivity index (χ0n) is 11.0.